The van der Waals surface area contributed by atoms with Crippen molar-refractivity contribution in [1.82, 2.24) is 10.6 Å². The highest BCUT2D eigenvalue weighted by Crippen LogP contribution is 2.21. The van der Waals surface area contributed by atoms with Crippen molar-refractivity contribution in [3.8, 4) is 0 Å². The van der Waals surface area contributed by atoms with Crippen LogP contribution in [0, 0.1) is 0 Å². The molecule has 0 bridgehead atoms. The third-order valence-electron chi connectivity index (χ3n) is 1.71. The summed E-state index contributed by atoms with van der Waals surface area (Å²) < 4.78 is 5.96. The van der Waals surface area contributed by atoms with E-state index in [1.807, 2.05) is 6.07 Å². The van der Waals surface area contributed by atoms with Gasteiger partial charge in [-0.3, -0.25) is 0 Å². The summed E-state index contributed by atoms with van der Waals surface area (Å²) in [7, 11) is 0. The fourth-order valence-corrected chi connectivity index (χ4v) is 1.46. The fourth-order valence-electron chi connectivity index (χ4n) is 1.14. The van der Waals surface area contributed by atoms with Crippen molar-refractivity contribution in [3.05, 3.63) is 22.6 Å². The number of urea groups is 1. The van der Waals surface area contributed by atoms with E-state index in [0.29, 0.717) is 11.2 Å². The molecule has 2 heterocycles. The number of carbonyl (C=O) groups is 1. The van der Waals surface area contributed by atoms with E-state index >= 15 is 0 Å². The number of amides is 2. The van der Waals surface area contributed by atoms with Crippen LogP contribution in [0.4, 0.5) is 4.79 Å². The number of hydrogen-bond donors (Lipinski definition) is 2. The van der Waals surface area contributed by atoms with Gasteiger partial charge in [0.1, 0.15) is 11.8 Å². The Morgan fingerprint density at radius 3 is 2.92 bits per heavy atom. The summed E-state index contributed by atoms with van der Waals surface area (Å²) in [5.74, 6) is 0.764. The highest BCUT2D eigenvalue weighted by atomic mass is 79.9. The summed E-state index contributed by atoms with van der Waals surface area (Å²) >= 11 is 3.19. The molecule has 64 valence electrons. The monoisotopic (exact) mass is 230 g/mol. The normalized spacial score (nSPS) is 22.1. The lowest BCUT2D eigenvalue weighted by atomic mass is 10.2. The second-order valence-corrected chi connectivity index (χ2v) is 3.33. The van der Waals surface area contributed by atoms with Gasteiger partial charge in [0.05, 0.1) is 0 Å². The van der Waals surface area contributed by atoms with Crippen LogP contribution in [0.3, 0.4) is 0 Å². The van der Waals surface area contributed by atoms with Crippen molar-refractivity contribution in [3.63, 3.8) is 0 Å². The van der Waals surface area contributed by atoms with Gasteiger partial charge in [-0.15, -0.1) is 0 Å². The first-order valence-corrected chi connectivity index (χ1v) is 4.34. The van der Waals surface area contributed by atoms with Crippen molar-refractivity contribution < 1.29 is 9.21 Å². The molecule has 1 aliphatic rings. The van der Waals surface area contributed by atoms with E-state index in [4.69, 9.17) is 4.42 Å². The maximum atomic E-state index is 10.8. The van der Waals surface area contributed by atoms with Crippen molar-refractivity contribution in [2.75, 3.05) is 6.54 Å². The lowest BCUT2D eigenvalue weighted by molar-refractivity contribution is 0.247. The number of rotatable bonds is 1. The van der Waals surface area contributed by atoms with Gasteiger partial charge in [0.2, 0.25) is 0 Å². The molecule has 1 aromatic heterocycles. The zero-order valence-electron chi connectivity index (χ0n) is 6.13. The largest absolute Gasteiger partial charge is 0.452 e. The van der Waals surface area contributed by atoms with E-state index in [-0.39, 0.29) is 12.1 Å². The first kappa shape index (κ1) is 7.67. The minimum Gasteiger partial charge on any atom is -0.452 e. The highest BCUT2D eigenvalue weighted by molar-refractivity contribution is 9.10. The Morgan fingerprint density at radius 1 is 1.58 bits per heavy atom. The summed E-state index contributed by atoms with van der Waals surface area (Å²) in [5, 5.41) is 5.37. The van der Waals surface area contributed by atoms with Crippen LogP contribution in [0.15, 0.2) is 21.2 Å². The molecule has 0 saturated carbocycles. The van der Waals surface area contributed by atoms with Crippen molar-refractivity contribution in [2.45, 2.75) is 6.04 Å². The van der Waals surface area contributed by atoms with Gasteiger partial charge in [-0.1, -0.05) is 0 Å². The average Bonchev–Trinajstić information content (AvgIpc) is 2.58. The summed E-state index contributed by atoms with van der Waals surface area (Å²) in [4.78, 5) is 10.8. The third-order valence-corrected chi connectivity index (χ3v) is 2.14. The lowest BCUT2D eigenvalue weighted by Crippen LogP contribution is -2.21. The van der Waals surface area contributed by atoms with Gasteiger partial charge in [0.25, 0.3) is 0 Å². The molecule has 1 saturated heterocycles. The van der Waals surface area contributed by atoms with Gasteiger partial charge in [-0.2, -0.15) is 0 Å². The van der Waals surface area contributed by atoms with Crippen LogP contribution in [0.1, 0.15) is 11.8 Å². The average molecular weight is 231 g/mol. The molecule has 5 heteroatoms. The third kappa shape index (κ3) is 1.32. The Kier molecular flexibility index (Phi) is 1.80. The molecule has 0 spiro atoms. The molecule has 12 heavy (non-hydrogen) atoms. The molecule has 1 aliphatic heterocycles. The molecule has 1 atom stereocenters. The Balaban J connectivity index is 2.15. The molecule has 0 unspecified atom stereocenters. The molecule has 4 nitrogen and oxygen atoms in total. The van der Waals surface area contributed by atoms with Crippen molar-refractivity contribution in [2.24, 2.45) is 0 Å². The van der Waals surface area contributed by atoms with Gasteiger partial charge >= 0.3 is 6.03 Å². The number of nitrogens with one attached hydrogen (secondary N) is 2. The predicted molar refractivity (Wildman–Crippen MR) is 45.7 cm³/mol. The topological polar surface area (TPSA) is 54.3 Å². The van der Waals surface area contributed by atoms with Crippen molar-refractivity contribution in [1.29, 1.82) is 0 Å². The Bertz CT molecular complexity index is 310. The van der Waals surface area contributed by atoms with Gasteiger partial charge in [-0.25, -0.2) is 4.79 Å². The maximum absolute atomic E-state index is 10.8. The minimum atomic E-state index is -0.146. The van der Waals surface area contributed by atoms with Crippen LogP contribution in [0.2, 0.25) is 0 Å². The second kappa shape index (κ2) is 2.82. The number of carbonyl (C=O) groups excluding carboxylic acids is 1. The number of furan rings is 1. The van der Waals surface area contributed by atoms with Crippen molar-refractivity contribution >= 4 is 22.0 Å². The molecular weight excluding hydrogens is 224 g/mol. The Hall–Kier alpha value is -0.970. The number of hydrogen-bond acceptors (Lipinski definition) is 2. The van der Waals surface area contributed by atoms with Gasteiger partial charge in [-0.05, 0) is 28.1 Å². The van der Waals surface area contributed by atoms with E-state index in [9.17, 15) is 4.79 Å². The minimum absolute atomic E-state index is 0.0381. The molecular formula is C7H7BrN2O2. The summed E-state index contributed by atoms with van der Waals surface area (Å²) in [6.07, 6.45) is 0. The molecule has 1 fully saturated rings. The summed E-state index contributed by atoms with van der Waals surface area (Å²) in [6.45, 7) is 0.582. The molecule has 2 N–H and O–H groups in total. The number of halogens is 1. The SMILES string of the molecule is O=C1NC[C@H](c2ccc(Br)o2)N1. The van der Waals surface area contributed by atoms with Crippen LogP contribution in [0.5, 0.6) is 0 Å². The van der Waals surface area contributed by atoms with Gasteiger partial charge < -0.3 is 15.1 Å². The summed E-state index contributed by atoms with van der Waals surface area (Å²) in [5.41, 5.74) is 0. The summed E-state index contributed by atoms with van der Waals surface area (Å²) in [6, 6.07) is 3.46. The van der Waals surface area contributed by atoms with Gasteiger partial charge in [0.15, 0.2) is 4.67 Å². The van der Waals surface area contributed by atoms with Crippen LogP contribution >= 0.6 is 15.9 Å². The maximum Gasteiger partial charge on any atom is 0.315 e. The van der Waals surface area contributed by atoms with Crippen LogP contribution in [0.25, 0.3) is 0 Å². The molecule has 1 aromatic rings. The Morgan fingerprint density at radius 2 is 2.42 bits per heavy atom. The van der Waals surface area contributed by atoms with Crippen LogP contribution in [-0.4, -0.2) is 12.6 Å². The van der Waals surface area contributed by atoms with E-state index in [1.165, 1.54) is 0 Å². The van der Waals surface area contributed by atoms with E-state index < -0.39 is 0 Å². The molecule has 0 aliphatic carbocycles. The first-order chi connectivity index (χ1) is 5.75. The highest BCUT2D eigenvalue weighted by Gasteiger charge is 2.23. The first-order valence-electron chi connectivity index (χ1n) is 3.55. The Labute approximate surface area is 77.4 Å². The van der Waals surface area contributed by atoms with Gasteiger partial charge in [0, 0.05) is 6.54 Å². The predicted octanol–water partition coefficient (Wildman–Crippen LogP) is 1.40. The van der Waals surface area contributed by atoms with E-state index in [1.54, 1.807) is 6.07 Å². The zero-order chi connectivity index (χ0) is 8.55. The fraction of sp³-hybridized carbons (Fsp3) is 0.286. The van der Waals surface area contributed by atoms with E-state index in [0.717, 1.165) is 5.76 Å². The van der Waals surface area contributed by atoms with Crippen LogP contribution < -0.4 is 10.6 Å². The lowest BCUT2D eigenvalue weighted by Gasteiger charge is -2.02. The molecule has 2 amide bonds. The molecule has 2 rings (SSSR count). The smallest absolute Gasteiger partial charge is 0.315 e. The standard InChI is InChI=1S/C7H7BrN2O2/c8-6-2-1-5(12-6)4-3-9-7(11)10-4/h1-2,4H,3H2,(H2,9,10,11)/t4-/m1/s1. The van der Waals surface area contributed by atoms with Crippen LogP contribution in [-0.2, 0) is 0 Å². The zero-order valence-corrected chi connectivity index (χ0v) is 7.72. The molecule has 0 radical (unpaired) electrons. The van der Waals surface area contributed by atoms with E-state index in [2.05, 4.69) is 26.6 Å². The molecule has 0 aromatic carbocycles. The second-order valence-electron chi connectivity index (χ2n) is 2.55. The quantitative estimate of drug-likeness (QED) is 0.767.